The van der Waals surface area contributed by atoms with Gasteiger partial charge in [-0.05, 0) is 31.2 Å². The quantitative estimate of drug-likeness (QED) is 0.773. The molecule has 1 unspecified atom stereocenters. The van der Waals surface area contributed by atoms with E-state index in [9.17, 15) is 4.79 Å². The molecule has 16 heavy (non-hydrogen) atoms. The van der Waals surface area contributed by atoms with Crippen molar-refractivity contribution >= 4 is 5.91 Å². The van der Waals surface area contributed by atoms with Crippen LogP contribution in [-0.4, -0.2) is 37.0 Å². The number of carbonyl (C=O) groups excluding carboxylic acids is 1. The smallest absolute Gasteiger partial charge is 0.230 e. The van der Waals surface area contributed by atoms with Crippen molar-refractivity contribution in [3.63, 3.8) is 0 Å². The van der Waals surface area contributed by atoms with Gasteiger partial charge in [-0.2, -0.15) is 0 Å². The second kappa shape index (κ2) is 4.02. The zero-order valence-electron chi connectivity index (χ0n) is 10.8. The van der Waals surface area contributed by atoms with Crippen LogP contribution in [0.3, 0.4) is 0 Å². The molecule has 0 spiro atoms. The van der Waals surface area contributed by atoms with E-state index in [1.165, 1.54) is 0 Å². The molecule has 1 atom stereocenters. The van der Waals surface area contributed by atoms with E-state index in [0.717, 1.165) is 45.4 Å². The first-order valence-corrected chi connectivity index (χ1v) is 6.49. The third-order valence-electron chi connectivity index (χ3n) is 4.34. The van der Waals surface area contributed by atoms with Crippen molar-refractivity contribution in [1.29, 1.82) is 0 Å². The lowest BCUT2D eigenvalue weighted by Crippen LogP contribution is -2.44. The van der Waals surface area contributed by atoms with Gasteiger partial charge in [-0.25, -0.2) is 0 Å². The Labute approximate surface area is 98.6 Å². The van der Waals surface area contributed by atoms with Gasteiger partial charge in [-0.1, -0.05) is 20.8 Å². The maximum Gasteiger partial charge on any atom is 0.230 e. The van der Waals surface area contributed by atoms with Crippen molar-refractivity contribution in [2.75, 3.05) is 26.2 Å². The summed E-state index contributed by atoms with van der Waals surface area (Å²) in [5.41, 5.74) is 0.219. The van der Waals surface area contributed by atoms with Gasteiger partial charge in [0.15, 0.2) is 0 Å². The van der Waals surface area contributed by atoms with Gasteiger partial charge in [0, 0.05) is 19.6 Å². The van der Waals surface area contributed by atoms with Crippen molar-refractivity contribution < 1.29 is 4.79 Å². The van der Waals surface area contributed by atoms with Gasteiger partial charge >= 0.3 is 0 Å². The summed E-state index contributed by atoms with van der Waals surface area (Å²) < 4.78 is 0. The van der Waals surface area contributed by atoms with Gasteiger partial charge in [0.25, 0.3) is 0 Å². The van der Waals surface area contributed by atoms with Crippen molar-refractivity contribution in [3.05, 3.63) is 0 Å². The summed E-state index contributed by atoms with van der Waals surface area (Å²) >= 11 is 0. The Morgan fingerprint density at radius 2 is 2.12 bits per heavy atom. The van der Waals surface area contributed by atoms with E-state index < -0.39 is 0 Å². The van der Waals surface area contributed by atoms with Gasteiger partial charge in [-0.3, -0.25) is 4.79 Å². The van der Waals surface area contributed by atoms with E-state index in [4.69, 9.17) is 0 Å². The van der Waals surface area contributed by atoms with E-state index in [2.05, 4.69) is 31.0 Å². The lowest BCUT2D eigenvalue weighted by Gasteiger charge is -2.31. The fourth-order valence-electron chi connectivity index (χ4n) is 3.00. The van der Waals surface area contributed by atoms with Crippen LogP contribution < -0.4 is 5.32 Å². The van der Waals surface area contributed by atoms with Crippen LogP contribution >= 0.6 is 0 Å². The van der Waals surface area contributed by atoms with Crippen LogP contribution in [0.15, 0.2) is 0 Å². The number of hydrogen-bond acceptors (Lipinski definition) is 2. The predicted molar refractivity (Wildman–Crippen MR) is 65.2 cm³/mol. The van der Waals surface area contributed by atoms with Crippen LogP contribution in [0.4, 0.5) is 0 Å². The van der Waals surface area contributed by atoms with E-state index in [1.54, 1.807) is 0 Å². The molecule has 2 saturated heterocycles. The van der Waals surface area contributed by atoms with Crippen molar-refractivity contribution in [1.82, 2.24) is 10.2 Å². The highest BCUT2D eigenvalue weighted by atomic mass is 16.2. The molecular formula is C13H24N2O. The normalized spacial score (nSPS) is 33.3. The second-order valence-electron chi connectivity index (χ2n) is 6.20. The highest BCUT2D eigenvalue weighted by molar-refractivity contribution is 5.83. The molecule has 2 rings (SSSR count). The van der Waals surface area contributed by atoms with Crippen LogP contribution in [0.2, 0.25) is 0 Å². The predicted octanol–water partition coefficient (Wildman–Crippen LogP) is 1.63. The van der Waals surface area contributed by atoms with Crippen LogP contribution in [0.25, 0.3) is 0 Å². The highest BCUT2D eigenvalue weighted by Gasteiger charge is 2.44. The van der Waals surface area contributed by atoms with E-state index in [1.807, 2.05) is 0 Å². The second-order valence-corrected chi connectivity index (χ2v) is 6.20. The minimum atomic E-state index is -0.0968. The van der Waals surface area contributed by atoms with Gasteiger partial charge in [0.2, 0.25) is 5.91 Å². The minimum absolute atomic E-state index is 0.0968. The van der Waals surface area contributed by atoms with Crippen LogP contribution in [0.1, 0.15) is 40.0 Å². The summed E-state index contributed by atoms with van der Waals surface area (Å²) in [4.78, 5) is 14.7. The summed E-state index contributed by atoms with van der Waals surface area (Å²) in [7, 11) is 0. The van der Waals surface area contributed by atoms with Crippen LogP contribution in [0, 0.1) is 10.8 Å². The molecule has 0 aromatic heterocycles. The molecule has 2 fully saturated rings. The first-order chi connectivity index (χ1) is 7.49. The highest BCUT2D eigenvalue weighted by Crippen LogP contribution is 2.36. The number of nitrogens with one attached hydrogen (secondary N) is 1. The molecule has 2 heterocycles. The van der Waals surface area contributed by atoms with Gasteiger partial charge < -0.3 is 10.2 Å². The molecule has 0 radical (unpaired) electrons. The Balaban J connectivity index is 2.07. The van der Waals surface area contributed by atoms with Crippen molar-refractivity contribution in [2.24, 2.45) is 10.8 Å². The SMILES string of the molecule is CCC1(C(=O)N2CCC(C)(C)C2)CCNC1. The van der Waals surface area contributed by atoms with Gasteiger partial charge in [0.05, 0.1) is 5.41 Å². The molecule has 3 nitrogen and oxygen atoms in total. The van der Waals surface area contributed by atoms with E-state index >= 15 is 0 Å². The molecule has 0 bridgehead atoms. The Hall–Kier alpha value is -0.570. The van der Waals surface area contributed by atoms with Crippen molar-refractivity contribution in [2.45, 2.75) is 40.0 Å². The van der Waals surface area contributed by atoms with Crippen molar-refractivity contribution in [3.8, 4) is 0 Å². The molecule has 2 aliphatic heterocycles. The van der Waals surface area contributed by atoms with Gasteiger partial charge in [-0.15, -0.1) is 0 Å². The topological polar surface area (TPSA) is 32.3 Å². The third-order valence-corrected chi connectivity index (χ3v) is 4.34. The number of likely N-dealkylation sites (tertiary alicyclic amines) is 1. The van der Waals surface area contributed by atoms with E-state index in [-0.39, 0.29) is 5.41 Å². The molecule has 3 heteroatoms. The zero-order valence-corrected chi connectivity index (χ0v) is 10.8. The monoisotopic (exact) mass is 224 g/mol. The lowest BCUT2D eigenvalue weighted by atomic mass is 9.82. The zero-order chi connectivity index (χ0) is 11.8. The third kappa shape index (κ3) is 1.97. The molecular weight excluding hydrogens is 200 g/mol. The Morgan fingerprint density at radius 1 is 1.38 bits per heavy atom. The number of carbonyl (C=O) groups is 1. The molecule has 0 aromatic rings. The Kier molecular flexibility index (Phi) is 2.99. The standard InChI is InChI=1S/C13H24N2O/c1-4-13(5-7-14-9-13)11(16)15-8-6-12(2,3)10-15/h14H,4-10H2,1-3H3. The fraction of sp³-hybridized carbons (Fsp3) is 0.923. The summed E-state index contributed by atoms with van der Waals surface area (Å²) in [6.07, 6.45) is 3.13. The average molecular weight is 224 g/mol. The number of hydrogen-bond donors (Lipinski definition) is 1. The molecule has 1 N–H and O–H groups in total. The average Bonchev–Trinajstić information content (AvgIpc) is 2.84. The number of nitrogens with zero attached hydrogens (tertiary/aromatic N) is 1. The molecule has 1 amide bonds. The van der Waals surface area contributed by atoms with Gasteiger partial charge in [0.1, 0.15) is 0 Å². The largest absolute Gasteiger partial charge is 0.342 e. The Bertz CT molecular complexity index is 280. The number of rotatable bonds is 2. The maximum atomic E-state index is 12.6. The van der Waals surface area contributed by atoms with E-state index in [0.29, 0.717) is 11.3 Å². The molecule has 0 aliphatic carbocycles. The maximum absolute atomic E-state index is 12.6. The number of amides is 1. The minimum Gasteiger partial charge on any atom is -0.342 e. The molecule has 92 valence electrons. The fourth-order valence-corrected chi connectivity index (χ4v) is 3.00. The lowest BCUT2D eigenvalue weighted by molar-refractivity contribution is -0.140. The van der Waals surface area contributed by atoms with Crippen LogP contribution in [-0.2, 0) is 4.79 Å². The summed E-state index contributed by atoms with van der Waals surface area (Å²) in [6, 6.07) is 0. The first-order valence-electron chi connectivity index (χ1n) is 6.49. The molecule has 0 aromatic carbocycles. The molecule has 2 aliphatic rings. The first kappa shape index (κ1) is 11.9. The van der Waals surface area contributed by atoms with Crippen LogP contribution in [0.5, 0.6) is 0 Å². The summed E-state index contributed by atoms with van der Waals surface area (Å²) in [6.45, 7) is 10.4. The summed E-state index contributed by atoms with van der Waals surface area (Å²) in [5.74, 6) is 0.394. The Morgan fingerprint density at radius 3 is 2.56 bits per heavy atom. The summed E-state index contributed by atoms with van der Waals surface area (Å²) in [5, 5.41) is 3.34. The molecule has 0 saturated carbocycles.